The van der Waals surface area contributed by atoms with Crippen molar-refractivity contribution in [2.75, 3.05) is 13.2 Å². The lowest BCUT2D eigenvalue weighted by Crippen LogP contribution is -2.33. The Hall–Kier alpha value is -1.59. The van der Waals surface area contributed by atoms with E-state index in [2.05, 4.69) is 5.32 Å². The molecule has 1 aromatic carbocycles. The lowest BCUT2D eigenvalue weighted by molar-refractivity contribution is -0.0415. The predicted octanol–water partition coefficient (Wildman–Crippen LogP) is 1.67. The first kappa shape index (κ1) is 12.9. The van der Waals surface area contributed by atoms with Crippen molar-refractivity contribution >= 4 is 6.09 Å². The minimum absolute atomic E-state index is 0.0933. The van der Waals surface area contributed by atoms with Gasteiger partial charge in [-0.2, -0.15) is 0 Å². The molecule has 0 radical (unpaired) electrons. The molecule has 0 saturated carbocycles. The van der Waals surface area contributed by atoms with Gasteiger partial charge < -0.3 is 19.5 Å². The van der Waals surface area contributed by atoms with Gasteiger partial charge in [0.25, 0.3) is 0 Å². The Morgan fingerprint density at radius 1 is 1.44 bits per heavy atom. The summed E-state index contributed by atoms with van der Waals surface area (Å²) in [6.45, 7) is 3.00. The van der Waals surface area contributed by atoms with E-state index in [0.29, 0.717) is 13.2 Å². The van der Waals surface area contributed by atoms with E-state index in [1.165, 1.54) is 0 Å². The van der Waals surface area contributed by atoms with Crippen LogP contribution in [-0.4, -0.2) is 31.6 Å². The molecular weight excluding hydrogens is 234 g/mol. The molecule has 5 heteroatoms. The van der Waals surface area contributed by atoms with E-state index in [1.54, 1.807) is 0 Å². The number of hydrogen-bond donors (Lipinski definition) is 1. The van der Waals surface area contributed by atoms with Crippen LogP contribution in [0.5, 0.6) is 0 Å². The number of carbonyl (C=O) groups excluding carboxylic acids is 1. The first-order chi connectivity index (χ1) is 8.74. The van der Waals surface area contributed by atoms with Gasteiger partial charge in [-0.1, -0.05) is 30.3 Å². The molecule has 1 heterocycles. The Balaban J connectivity index is 1.63. The number of benzene rings is 1. The largest absolute Gasteiger partial charge is 0.445 e. The summed E-state index contributed by atoms with van der Waals surface area (Å²) >= 11 is 0. The molecule has 1 amide bonds. The normalized spacial score (nSPS) is 22.7. The van der Waals surface area contributed by atoms with Gasteiger partial charge in [-0.15, -0.1) is 0 Å². The van der Waals surface area contributed by atoms with Gasteiger partial charge in [0.1, 0.15) is 12.7 Å². The molecule has 2 rings (SSSR count). The second-order valence-electron chi connectivity index (χ2n) is 4.10. The van der Waals surface area contributed by atoms with Gasteiger partial charge in [-0.25, -0.2) is 4.79 Å². The first-order valence-corrected chi connectivity index (χ1v) is 5.95. The summed E-state index contributed by atoms with van der Waals surface area (Å²) < 4.78 is 15.7. The van der Waals surface area contributed by atoms with E-state index in [4.69, 9.17) is 14.2 Å². The highest BCUT2D eigenvalue weighted by molar-refractivity contribution is 5.67. The maximum Gasteiger partial charge on any atom is 0.407 e. The van der Waals surface area contributed by atoms with E-state index in [9.17, 15) is 4.79 Å². The predicted molar refractivity (Wildman–Crippen MR) is 64.9 cm³/mol. The van der Waals surface area contributed by atoms with Crippen LogP contribution in [0, 0.1) is 0 Å². The summed E-state index contributed by atoms with van der Waals surface area (Å²) in [5.41, 5.74) is 0.960. The Bertz CT molecular complexity index is 382. The second-order valence-corrected chi connectivity index (χ2v) is 4.10. The van der Waals surface area contributed by atoms with Crippen LogP contribution in [0.25, 0.3) is 0 Å². The molecule has 0 bridgehead atoms. The molecule has 1 aromatic rings. The van der Waals surface area contributed by atoms with Gasteiger partial charge in [0.15, 0.2) is 6.29 Å². The fourth-order valence-electron chi connectivity index (χ4n) is 1.67. The first-order valence-electron chi connectivity index (χ1n) is 5.95. The van der Waals surface area contributed by atoms with Crippen LogP contribution in [0.4, 0.5) is 4.79 Å². The monoisotopic (exact) mass is 251 g/mol. The summed E-state index contributed by atoms with van der Waals surface area (Å²) in [6.07, 6.45) is -0.733. The summed E-state index contributed by atoms with van der Waals surface area (Å²) in [7, 11) is 0. The third kappa shape index (κ3) is 4.01. The molecule has 0 spiro atoms. The van der Waals surface area contributed by atoms with Crippen LogP contribution in [0.3, 0.4) is 0 Å². The molecule has 0 aliphatic carbocycles. The quantitative estimate of drug-likeness (QED) is 0.884. The number of amides is 1. The van der Waals surface area contributed by atoms with E-state index in [0.717, 1.165) is 5.56 Å². The fourth-order valence-corrected chi connectivity index (χ4v) is 1.67. The third-order valence-electron chi connectivity index (χ3n) is 2.59. The van der Waals surface area contributed by atoms with Gasteiger partial charge >= 0.3 is 6.09 Å². The van der Waals surface area contributed by atoms with Crippen molar-refractivity contribution in [2.45, 2.75) is 25.9 Å². The lowest BCUT2D eigenvalue weighted by Gasteiger charge is -2.10. The molecule has 0 aromatic heterocycles. The van der Waals surface area contributed by atoms with Gasteiger partial charge in [-0.05, 0) is 12.5 Å². The average Bonchev–Trinajstić information content (AvgIpc) is 2.81. The molecule has 18 heavy (non-hydrogen) atoms. The zero-order chi connectivity index (χ0) is 12.8. The summed E-state index contributed by atoms with van der Waals surface area (Å²) in [4.78, 5) is 11.4. The molecule has 98 valence electrons. The van der Waals surface area contributed by atoms with E-state index in [-0.39, 0.29) is 19.0 Å². The molecule has 1 aliphatic rings. The molecule has 2 unspecified atom stereocenters. The zero-order valence-corrected chi connectivity index (χ0v) is 10.3. The van der Waals surface area contributed by atoms with E-state index in [1.807, 2.05) is 37.3 Å². The van der Waals surface area contributed by atoms with Crippen molar-refractivity contribution < 1.29 is 19.0 Å². The maximum atomic E-state index is 11.4. The molecular formula is C13H17NO4. The molecule has 1 N–H and O–H groups in total. The fraction of sp³-hybridized carbons (Fsp3) is 0.462. The molecule has 1 aliphatic heterocycles. The Morgan fingerprint density at radius 2 is 2.22 bits per heavy atom. The minimum atomic E-state index is -0.443. The molecule has 5 nitrogen and oxygen atoms in total. The molecule has 1 saturated heterocycles. The number of carbonyl (C=O) groups is 1. The highest BCUT2D eigenvalue weighted by Gasteiger charge is 2.22. The van der Waals surface area contributed by atoms with E-state index < -0.39 is 6.09 Å². The summed E-state index contributed by atoms with van der Waals surface area (Å²) in [6, 6.07) is 9.54. The average molecular weight is 251 g/mol. The van der Waals surface area contributed by atoms with Crippen molar-refractivity contribution in [1.82, 2.24) is 5.32 Å². The van der Waals surface area contributed by atoms with Crippen molar-refractivity contribution in [2.24, 2.45) is 0 Å². The summed E-state index contributed by atoms with van der Waals surface area (Å²) in [5.74, 6) is 0. The topological polar surface area (TPSA) is 56.8 Å². The number of ether oxygens (including phenoxy) is 3. The van der Waals surface area contributed by atoms with Gasteiger partial charge in [0.2, 0.25) is 0 Å². The highest BCUT2D eigenvalue weighted by Crippen LogP contribution is 2.09. The van der Waals surface area contributed by atoms with Gasteiger partial charge in [0.05, 0.1) is 6.61 Å². The van der Waals surface area contributed by atoms with Gasteiger partial charge in [-0.3, -0.25) is 0 Å². The number of alkyl carbamates (subject to hydrolysis) is 1. The minimum Gasteiger partial charge on any atom is -0.445 e. The number of rotatable bonds is 4. The van der Waals surface area contributed by atoms with Crippen molar-refractivity contribution in [3.63, 3.8) is 0 Å². The van der Waals surface area contributed by atoms with Crippen molar-refractivity contribution in [3.05, 3.63) is 35.9 Å². The number of nitrogens with one attached hydrogen (secondary N) is 1. The summed E-state index contributed by atoms with van der Waals surface area (Å²) in [5, 5.41) is 2.65. The zero-order valence-electron chi connectivity index (χ0n) is 10.3. The van der Waals surface area contributed by atoms with Crippen LogP contribution in [-0.2, 0) is 20.8 Å². The van der Waals surface area contributed by atoms with Crippen LogP contribution in [0.2, 0.25) is 0 Å². The Kier molecular flexibility index (Phi) is 4.55. The standard InChI is InChI=1S/C13H17NO4/c1-10-16-9-12(18-10)7-14-13(15)17-8-11-5-3-2-4-6-11/h2-6,10,12H,7-9H2,1H3,(H,14,15). The van der Waals surface area contributed by atoms with Crippen LogP contribution >= 0.6 is 0 Å². The SMILES string of the molecule is CC1OCC(CNC(=O)OCc2ccccc2)O1. The van der Waals surface area contributed by atoms with Crippen LogP contribution in [0.15, 0.2) is 30.3 Å². The second kappa shape index (κ2) is 6.37. The smallest absolute Gasteiger partial charge is 0.407 e. The Morgan fingerprint density at radius 3 is 2.89 bits per heavy atom. The van der Waals surface area contributed by atoms with Crippen LogP contribution < -0.4 is 5.32 Å². The van der Waals surface area contributed by atoms with Crippen LogP contribution in [0.1, 0.15) is 12.5 Å². The highest BCUT2D eigenvalue weighted by atomic mass is 16.7. The van der Waals surface area contributed by atoms with Gasteiger partial charge in [0, 0.05) is 6.54 Å². The molecule has 1 fully saturated rings. The molecule has 2 atom stereocenters. The Labute approximate surface area is 106 Å². The van der Waals surface area contributed by atoms with E-state index >= 15 is 0 Å². The maximum absolute atomic E-state index is 11.4. The number of hydrogen-bond acceptors (Lipinski definition) is 4. The van der Waals surface area contributed by atoms with Crippen molar-refractivity contribution in [1.29, 1.82) is 0 Å². The van der Waals surface area contributed by atoms with Crippen molar-refractivity contribution in [3.8, 4) is 0 Å². The lowest BCUT2D eigenvalue weighted by atomic mass is 10.2. The third-order valence-corrected chi connectivity index (χ3v) is 2.59.